The molecule has 2 N–H and O–H groups in total. The smallest absolute Gasteiger partial charge is 0.303 e. The average molecular weight is 234 g/mol. The number of hydrogen-bond acceptors (Lipinski definition) is 4. The number of carbonyl (C=O) groups excluding carboxylic acids is 1. The van der Waals surface area contributed by atoms with Crippen molar-refractivity contribution in [2.24, 2.45) is 0 Å². The number of fused-ring (bicyclic) bond motifs is 1. The van der Waals surface area contributed by atoms with Crippen molar-refractivity contribution < 1.29 is 14.7 Å². The quantitative estimate of drug-likeness (QED) is 0.823. The van der Waals surface area contributed by atoms with Crippen LogP contribution in [-0.4, -0.2) is 28.4 Å². The molecule has 0 aliphatic carbocycles. The van der Waals surface area contributed by atoms with E-state index in [1.165, 1.54) is 0 Å². The van der Waals surface area contributed by atoms with Crippen molar-refractivity contribution in [3.63, 3.8) is 0 Å². The van der Waals surface area contributed by atoms with Crippen molar-refractivity contribution >= 4 is 17.4 Å². The number of ketones is 1. The third-order valence-electron chi connectivity index (χ3n) is 2.89. The summed E-state index contributed by atoms with van der Waals surface area (Å²) in [6, 6.07) is 3.70. The van der Waals surface area contributed by atoms with Crippen LogP contribution in [0, 0.1) is 0 Å². The number of aromatic nitrogens is 1. The van der Waals surface area contributed by atoms with Gasteiger partial charge in [0.15, 0.2) is 5.78 Å². The van der Waals surface area contributed by atoms with Crippen molar-refractivity contribution in [3.8, 4) is 0 Å². The number of aliphatic carboxylic acids is 1. The van der Waals surface area contributed by atoms with Gasteiger partial charge in [-0.1, -0.05) is 0 Å². The average Bonchev–Trinajstić information content (AvgIpc) is 2.32. The maximum absolute atomic E-state index is 11.8. The van der Waals surface area contributed by atoms with Gasteiger partial charge >= 0.3 is 5.97 Å². The first-order valence-electron chi connectivity index (χ1n) is 5.62. The van der Waals surface area contributed by atoms with Gasteiger partial charge in [0, 0.05) is 12.6 Å². The fourth-order valence-electron chi connectivity index (χ4n) is 2.06. The SMILES string of the molecule is O=C(O)CCCC1C(=O)CNc2cccnc21. The largest absolute Gasteiger partial charge is 0.481 e. The van der Waals surface area contributed by atoms with Crippen molar-refractivity contribution in [1.82, 2.24) is 4.98 Å². The lowest BCUT2D eigenvalue weighted by Crippen LogP contribution is -2.28. The molecule has 0 aromatic carbocycles. The van der Waals surface area contributed by atoms with E-state index in [9.17, 15) is 9.59 Å². The molecule has 1 aliphatic rings. The van der Waals surface area contributed by atoms with Gasteiger partial charge in [0.05, 0.1) is 23.8 Å². The Labute approximate surface area is 98.9 Å². The van der Waals surface area contributed by atoms with Gasteiger partial charge in [-0.3, -0.25) is 14.6 Å². The molecule has 2 heterocycles. The summed E-state index contributed by atoms with van der Waals surface area (Å²) in [5.41, 5.74) is 1.63. The molecule has 5 heteroatoms. The molecule has 2 rings (SSSR count). The number of carboxylic acids is 1. The van der Waals surface area contributed by atoms with Crippen LogP contribution in [0.15, 0.2) is 18.3 Å². The van der Waals surface area contributed by atoms with E-state index >= 15 is 0 Å². The number of nitrogens with one attached hydrogen (secondary N) is 1. The lowest BCUT2D eigenvalue weighted by molar-refractivity contribution is -0.137. The summed E-state index contributed by atoms with van der Waals surface area (Å²) in [4.78, 5) is 26.5. The van der Waals surface area contributed by atoms with Crippen LogP contribution in [0.3, 0.4) is 0 Å². The first-order chi connectivity index (χ1) is 8.18. The molecular weight excluding hydrogens is 220 g/mol. The maximum atomic E-state index is 11.8. The van der Waals surface area contributed by atoms with Gasteiger partial charge < -0.3 is 10.4 Å². The molecule has 0 saturated carbocycles. The van der Waals surface area contributed by atoms with Crippen LogP contribution in [0.4, 0.5) is 5.69 Å². The number of hydrogen-bond donors (Lipinski definition) is 2. The van der Waals surface area contributed by atoms with Crippen LogP contribution in [0.25, 0.3) is 0 Å². The molecule has 0 amide bonds. The molecule has 0 bridgehead atoms. The number of Topliss-reactive ketones (excluding diaryl/α,β-unsaturated/α-hetero) is 1. The highest BCUT2D eigenvalue weighted by atomic mass is 16.4. The molecule has 0 saturated heterocycles. The Hall–Kier alpha value is -1.91. The molecule has 5 nitrogen and oxygen atoms in total. The summed E-state index contributed by atoms with van der Waals surface area (Å²) in [6.07, 6.45) is 2.81. The van der Waals surface area contributed by atoms with E-state index in [-0.39, 0.29) is 18.1 Å². The van der Waals surface area contributed by atoms with Crippen LogP contribution in [0.5, 0.6) is 0 Å². The number of pyridine rings is 1. The minimum Gasteiger partial charge on any atom is -0.481 e. The standard InChI is InChI=1S/C12H14N2O3/c15-10-7-14-9-4-2-6-13-12(9)8(10)3-1-5-11(16)17/h2,4,6,8,14H,1,3,5,7H2,(H,16,17). The maximum Gasteiger partial charge on any atom is 0.303 e. The fourth-order valence-corrected chi connectivity index (χ4v) is 2.06. The van der Waals surface area contributed by atoms with Gasteiger partial charge in [-0.05, 0) is 25.0 Å². The van der Waals surface area contributed by atoms with Crippen molar-refractivity contribution in [3.05, 3.63) is 24.0 Å². The van der Waals surface area contributed by atoms with E-state index in [1.54, 1.807) is 6.20 Å². The zero-order valence-corrected chi connectivity index (χ0v) is 9.35. The Morgan fingerprint density at radius 1 is 1.59 bits per heavy atom. The van der Waals surface area contributed by atoms with Crippen molar-refractivity contribution in [2.45, 2.75) is 25.2 Å². The van der Waals surface area contributed by atoms with Crippen LogP contribution >= 0.6 is 0 Å². The van der Waals surface area contributed by atoms with Crippen LogP contribution in [0.2, 0.25) is 0 Å². The Kier molecular flexibility index (Phi) is 3.37. The molecule has 1 aromatic rings. The monoisotopic (exact) mass is 234 g/mol. The topological polar surface area (TPSA) is 79.3 Å². The normalized spacial score (nSPS) is 18.4. The lowest BCUT2D eigenvalue weighted by atomic mass is 9.90. The molecule has 0 fully saturated rings. The second-order valence-electron chi connectivity index (χ2n) is 4.09. The molecule has 17 heavy (non-hydrogen) atoms. The predicted octanol–water partition coefficient (Wildman–Crippen LogP) is 1.41. The number of anilines is 1. The van der Waals surface area contributed by atoms with Gasteiger partial charge in [-0.25, -0.2) is 0 Å². The van der Waals surface area contributed by atoms with E-state index in [0.29, 0.717) is 19.4 Å². The molecule has 90 valence electrons. The number of nitrogens with zero attached hydrogens (tertiary/aromatic N) is 1. The lowest BCUT2D eigenvalue weighted by Gasteiger charge is -2.24. The highest BCUT2D eigenvalue weighted by molar-refractivity contribution is 5.93. The first kappa shape index (κ1) is 11.6. The Balaban J connectivity index is 2.10. The molecule has 0 spiro atoms. The van der Waals surface area contributed by atoms with Crippen LogP contribution in [0.1, 0.15) is 30.9 Å². The molecular formula is C12H14N2O3. The third-order valence-corrected chi connectivity index (χ3v) is 2.89. The number of rotatable bonds is 4. The van der Waals surface area contributed by atoms with E-state index in [2.05, 4.69) is 10.3 Å². The van der Waals surface area contributed by atoms with Crippen molar-refractivity contribution in [2.75, 3.05) is 11.9 Å². The van der Waals surface area contributed by atoms with Gasteiger partial charge in [0.25, 0.3) is 0 Å². The van der Waals surface area contributed by atoms with Crippen LogP contribution in [-0.2, 0) is 9.59 Å². The molecule has 0 radical (unpaired) electrons. The predicted molar refractivity (Wildman–Crippen MR) is 62.0 cm³/mol. The summed E-state index contributed by atoms with van der Waals surface area (Å²) in [7, 11) is 0. The minimum atomic E-state index is -0.826. The Bertz CT molecular complexity index is 445. The van der Waals surface area contributed by atoms with Crippen molar-refractivity contribution in [1.29, 1.82) is 0 Å². The van der Waals surface area contributed by atoms with Gasteiger partial charge in [0.1, 0.15) is 0 Å². The first-order valence-corrected chi connectivity index (χ1v) is 5.62. The summed E-state index contributed by atoms with van der Waals surface area (Å²) >= 11 is 0. The van der Waals surface area contributed by atoms with E-state index < -0.39 is 5.97 Å². The number of carboxylic acid groups (broad SMARTS) is 1. The molecule has 1 aromatic heterocycles. The highest BCUT2D eigenvalue weighted by Gasteiger charge is 2.28. The zero-order chi connectivity index (χ0) is 12.3. The van der Waals surface area contributed by atoms with E-state index in [0.717, 1.165) is 11.4 Å². The van der Waals surface area contributed by atoms with Crippen LogP contribution < -0.4 is 5.32 Å². The fraction of sp³-hybridized carbons (Fsp3) is 0.417. The van der Waals surface area contributed by atoms with E-state index in [1.807, 2.05) is 12.1 Å². The summed E-state index contributed by atoms with van der Waals surface area (Å²) in [5, 5.41) is 11.6. The van der Waals surface area contributed by atoms with Gasteiger partial charge in [-0.2, -0.15) is 0 Å². The minimum absolute atomic E-state index is 0.0848. The zero-order valence-electron chi connectivity index (χ0n) is 9.35. The molecule has 1 aliphatic heterocycles. The second kappa shape index (κ2) is 4.95. The third kappa shape index (κ3) is 2.61. The summed E-state index contributed by atoms with van der Waals surface area (Å²) < 4.78 is 0. The van der Waals surface area contributed by atoms with Gasteiger partial charge in [0.2, 0.25) is 0 Å². The summed E-state index contributed by atoms with van der Waals surface area (Å²) in [5.74, 6) is -0.999. The van der Waals surface area contributed by atoms with Gasteiger partial charge in [-0.15, -0.1) is 0 Å². The Morgan fingerprint density at radius 2 is 2.41 bits per heavy atom. The number of carbonyl (C=O) groups is 2. The van der Waals surface area contributed by atoms with E-state index in [4.69, 9.17) is 5.11 Å². The Morgan fingerprint density at radius 3 is 3.18 bits per heavy atom. The molecule has 1 atom stereocenters. The highest BCUT2D eigenvalue weighted by Crippen LogP contribution is 2.30. The second-order valence-corrected chi connectivity index (χ2v) is 4.09. The molecule has 1 unspecified atom stereocenters. The summed E-state index contributed by atoms with van der Waals surface area (Å²) in [6.45, 7) is 0.302.